The van der Waals surface area contributed by atoms with Gasteiger partial charge in [-0.15, -0.1) is 0 Å². The van der Waals surface area contributed by atoms with Crippen molar-refractivity contribution in [1.29, 1.82) is 0 Å². The van der Waals surface area contributed by atoms with Gasteiger partial charge in [-0.1, -0.05) is 0 Å². The van der Waals surface area contributed by atoms with E-state index in [9.17, 15) is 28.8 Å². The number of ether oxygens (including phenoxy) is 1. The van der Waals surface area contributed by atoms with Gasteiger partial charge in [-0.05, 0) is 163 Å². The highest BCUT2D eigenvalue weighted by Crippen LogP contribution is 2.66. The molecule has 4 atom stereocenters. The molecule has 4 amide bonds. The van der Waals surface area contributed by atoms with Crippen LogP contribution < -0.4 is 21.3 Å². The fourth-order valence-electron chi connectivity index (χ4n) is 16.3. The molecule has 0 radical (unpaired) electrons. The quantitative estimate of drug-likeness (QED) is 0.330. The minimum absolute atomic E-state index is 0.0000453. The lowest BCUT2D eigenvalue weighted by atomic mass is 9.42. The van der Waals surface area contributed by atoms with Crippen LogP contribution >= 0.6 is 0 Å². The summed E-state index contributed by atoms with van der Waals surface area (Å²) in [5.41, 5.74) is -1.99. The van der Waals surface area contributed by atoms with E-state index in [1.807, 2.05) is 0 Å². The van der Waals surface area contributed by atoms with Crippen LogP contribution in [0.1, 0.15) is 141 Å². The highest BCUT2D eigenvalue weighted by atomic mass is 16.5. The lowest BCUT2D eigenvalue weighted by molar-refractivity contribution is -0.166. The van der Waals surface area contributed by atoms with Crippen molar-refractivity contribution in [2.45, 2.75) is 164 Å². The third kappa shape index (κ3) is 6.77. The van der Waals surface area contributed by atoms with Crippen molar-refractivity contribution >= 4 is 35.2 Å². The van der Waals surface area contributed by atoms with Gasteiger partial charge in [0.1, 0.15) is 23.7 Å². The molecular formula is C44H62N4O7. The number of hydrogen-bond acceptors (Lipinski definition) is 7. The molecule has 1 aliphatic heterocycles. The van der Waals surface area contributed by atoms with Crippen LogP contribution in [0.15, 0.2) is 0 Å². The van der Waals surface area contributed by atoms with Gasteiger partial charge in [-0.2, -0.15) is 0 Å². The third-order valence-electron chi connectivity index (χ3n) is 17.1. The van der Waals surface area contributed by atoms with Crippen molar-refractivity contribution < 1.29 is 33.5 Å². The summed E-state index contributed by atoms with van der Waals surface area (Å²) < 4.78 is 5.71. The molecule has 4 N–H and O–H groups in total. The summed E-state index contributed by atoms with van der Waals surface area (Å²) >= 11 is 0. The predicted octanol–water partition coefficient (Wildman–Crippen LogP) is 4.44. The van der Waals surface area contributed by atoms with E-state index in [0.29, 0.717) is 67.6 Å². The summed E-state index contributed by atoms with van der Waals surface area (Å²) in [6.07, 6.45) is 17.4. The molecule has 300 valence electrons. The van der Waals surface area contributed by atoms with Crippen molar-refractivity contribution in [2.24, 2.45) is 58.2 Å². The second-order valence-electron chi connectivity index (χ2n) is 21.5. The first-order valence-corrected chi connectivity index (χ1v) is 22.2. The first-order valence-electron chi connectivity index (χ1n) is 22.2. The zero-order valence-electron chi connectivity index (χ0n) is 32.6. The van der Waals surface area contributed by atoms with Gasteiger partial charge in [0.05, 0.1) is 13.2 Å². The van der Waals surface area contributed by atoms with E-state index in [1.165, 1.54) is 38.5 Å². The largest absolute Gasteiger partial charge is 0.380 e. The van der Waals surface area contributed by atoms with Crippen LogP contribution in [0.25, 0.3) is 0 Å². The number of hydrogen-bond donors (Lipinski definition) is 4. The summed E-state index contributed by atoms with van der Waals surface area (Å²) in [6, 6.07) is -1.98. The van der Waals surface area contributed by atoms with Crippen molar-refractivity contribution in [1.82, 2.24) is 21.3 Å². The molecular weight excluding hydrogens is 697 g/mol. The Morgan fingerprint density at radius 2 is 0.818 bits per heavy atom. The molecule has 0 aromatic heterocycles. The van der Waals surface area contributed by atoms with Gasteiger partial charge in [0, 0.05) is 47.6 Å². The molecule has 2 spiro atoms. The molecule has 13 rings (SSSR count). The average Bonchev–Trinajstić information content (AvgIpc) is 3.08. The number of carbonyl (C=O) groups is 6. The molecule has 11 heteroatoms. The van der Waals surface area contributed by atoms with Gasteiger partial charge in [0.15, 0.2) is 0 Å². The van der Waals surface area contributed by atoms with Gasteiger partial charge in [-0.3, -0.25) is 28.8 Å². The average molecular weight is 759 g/mol. The minimum Gasteiger partial charge on any atom is -0.380 e. The van der Waals surface area contributed by atoms with E-state index in [2.05, 4.69) is 21.3 Å². The van der Waals surface area contributed by atoms with Gasteiger partial charge < -0.3 is 26.0 Å². The smallest absolute Gasteiger partial charge is 0.243 e. The second kappa shape index (κ2) is 13.4. The molecule has 3 unspecified atom stereocenters. The van der Waals surface area contributed by atoms with Crippen LogP contribution in [0.2, 0.25) is 0 Å². The monoisotopic (exact) mass is 758 g/mol. The lowest BCUT2D eigenvalue weighted by Crippen LogP contribution is -2.64. The first-order chi connectivity index (χ1) is 26.4. The van der Waals surface area contributed by atoms with Gasteiger partial charge in [0.2, 0.25) is 23.6 Å². The molecule has 11 nitrogen and oxygen atoms in total. The Morgan fingerprint density at radius 1 is 0.491 bits per heavy atom. The van der Waals surface area contributed by atoms with E-state index in [4.69, 9.17) is 4.74 Å². The lowest BCUT2D eigenvalue weighted by Gasteiger charge is -2.61. The number of amides is 4. The molecule has 0 aromatic carbocycles. The topological polar surface area (TPSA) is 160 Å². The molecule has 12 bridgehead atoms. The Balaban J connectivity index is 0.902. The van der Waals surface area contributed by atoms with Crippen molar-refractivity contribution in [2.75, 3.05) is 13.2 Å². The minimum atomic E-state index is -0.991. The zero-order chi connectivity index (χ0) is 37.7. The molecule has 1 saturated heterocycles. The summed E-state index contributed by atoms with van der Waals surface area (Å²) in [4.78, 5) is 84.9. The Hall–Kier alpha value is -2.82. The Bertz CT molecular complexity index is 1460. The maximum Gasteiger partial charge on any atom is 0.243 e. The summed E-state index contributed by atoms with van der Waals surface area (Å²) in [6.45, 7) is 0.112. The van der Waals surface area contributed by atoms with Crippen LogP contribution in [0, 0.1) is 58.2 Å². The third-order valence-corrected chi connectivity index (χ3v) is 17.1. The molecule has 55 heavy (non-hydrogen) atoms. The van der Waals surface area contributed by atoms with Crippen LogP contribution in [-0.2, 0) is 33.5 Å². The fraction of sp³-hybridized carbons (Fsp3) is 0.864. The van der Waals surface area contributed by atoms with Crippen LogP contribution in [0.4, 0.5) is 0 Å². The van der Waals surface area contributed by atoms with Crippen molar-refractivity contribution in [3.63, 3.8) is 0 Å². The van der Waals surface area contributed by atoms with Crippen molar-refractivity contribution in [3.05, 3.63) is 0 Å². The van der Waals surface area contributed by atoms with E-state index in [0.717, 1.165) is 44.9 Å². The normalized spacial score (nSPS) is 48.9. The summed E-state index contributed by atoms with van der Waals surface area (Å²) in [5.74, 6) is 2.96. The van der Waals surface area contributed by atoms with Crippen LogP contribution in [-0.4, -0.2) is 71.6 Å². The van der Waals surface area contributed by atoms with E-state index in [-0.39, 0.29) is 97.0 Å². The molecule has 13 fully saturated rings. The molecule has 0 aromatic rings. The maximum absolute atomic E-state index is 14.8. The number of carbonyl (C=O) groups excluding carboxylic acids is 6. The Morgan fingerprint density at radius 3 is 1.16 bits per heavy atom. The van der Waals surface area contributed by atoms with E-state index < -0.39 is 22.9 Å². The van der Waals surface area contributed by atoms with Crippen LogP contribution in [0.5, 0.6) is 0 Å². The van der Waals surface area contributed by atoms with Crippen molar-refractivity contribution in [3.8, 4) is 0 Å². The highest BCUT2D eigenvalue weighted by molar-refractivity contribution is 5.98. The maximum atomic E-state index is 14.8. The first kappa shape index (κ1) is 36.5. The molecule has 12 saturated carbocycles. The summed E-state index contributed by atoms with van der Waals surface area (Å²) in [7, 11) is 0. The number of Topliss-reactive ketones (excluding diaryl/α,β-unsaturated/α-hetero) is 2. The van der Waals surface area contributed by atoms with Crippen LogP contribution in [0.3, 0.4) is 0 Å². The Kier molecular flexibility index (Phi) is 8.88. The fourth-order valence-corrected chi connectivity index (χ4v) is 16.3. The van der Waals surface area contributed by atoms with Gasteiger partial charge >= 0.3 is 0 Å². The molecule has 1 heterocycles. The number of nitrogens with one attached hydrogen (secondary N) is 4. The predicted molar refractivity (Wildman–Crippen MR) is 201 cm³/mol. The molecule has 13 aliphatic rings. The Labute approximate surface area is 325 Å². The number of ketones is 2. The van der Waals surface area contributed by atoms with E-state index in [1.54, 1.807) is 0 Å². The number of rotatable bonds is 4. The van der Waals surface area contributed by atoms with Gasteiger partial charge in [0.25, 0.3) is 0 Å². The zero-order valence-corrected chi connectivity index (χ0v) is 32.6. The highest BCUT2D eigenvalue weighted by Gasteiger charge is 2.63. The van der Waals surface area contributed by atoms with E-state index >= 15 is 0 Å². The second-order valence-corrected chi connectivity index (χ2v) is 21.5. The molecule has 12 aliphatic carbocycles. The SMILES string of the molecule is O=C1CCOCCC(=O)N[C@H](C(=O)NC23CC4CC(CC(C4)C2)C3)CC(=O)C23CC4CC(CC(C4)(C2)C(=O)CC(C(=O)NC24CC5CC(CC(C5)C2)C4)N1)C3. The summed E-state index contributed by atoms with van der Waals surface area (Å²) in [5, 5.41) is 12.7. The van der Waals surface area contributed by atoms with Gasteiger partial charge in [-0.25, -0.2) is 0 Å². The standard InChI is InChI=1S/C44H62N4O7/c49-35-12-33(39(53)47-43-18-25-5-26(19-43)7-27(6-25)20-43)45-37(51)1-3-55-4-2-38(52)46-34(40(54)48-44-21-28-8-29(22-44)10-30(9-28)23-44)13-36(50)42-16-31-11-32(17-42)15-41(35,14-31)24-42/h25-34H,1-24H2,(H,45,51)(H,46,52)(H,47,53)(H,48,54)/t25?,26?,27?,28?,29?,30?,31?,32?,33-,34?,41?,42?,43?,44?/m0/s1.